The number of hydrogen-bond acceptors (Lipinski definition) is 2. The molecular weight excluding hydrogens is 280 g/mol. The predicted molar refractivity (Wildman–Crippen MR) is 105 cm³/mol. The highest BCUT2D eigenvalue weighted by molar-refractivity contribution is 4.96. The van der Waals surface area contributed by atoms with Crippen LogP contribution in [0, 0.1) is 0 Å². The zero-order valence-electron chi connectivity index (χ0n) is 15.9. The number of nitrogens with one attached hydrogen (secondary N) is 1. The van der Waals surface area contributed by atoms with Crippen molar-refractivity contribution in [1.82, 2.24) is 5.32 Å². The van der Waals surface area contributed by atoms with Gasteiger partial charge in [0.05, 0.1) is 5.82 Å². The molecule has 0 aromatic carbocycles. The standard InChI is InChI=1S/C21H42N2/c1-3-5-6-7-8-9-10-11-12-13-14-15-16-17-18-19-20-23-21(22)4-2/h4,19-20,23H,3,5-18,22H2,1-2H3/b20-19+,21-4+. The lowest BCUT2D eigenvalue weighted by atomic mass is 10.0. The summed E-state index contributed by atoms with van der Waals surface area (Å²) >= 11 is 0. The van der Waals surface area contributed by atoms with Crippen molar-refractivity contribution in [3.05, 3.63) is 24.2 Å². The lowest BCUT2D eigenvalue weighted by molar-refractivity contribution is 0.536. The minimum Gasteiger partial charge on any atom is -0.386 e. The third kappa shape index (κ3) is 19.0. The topological polar surface area (TPSA) is 38.0 Å². The van der Waals surface area contributed by atoms with Crippen molar-refractivity contribution in [3.8, 4) is 0 Å². The maximum absolute atomic E-state index is 5.64. The van der Waals surface area contributed by atoms with E-state index in [4.69, 9.17) is 5.73 Å². The molecule has 0 heterocycles. The van der Waals surface area contributed by atoms with Crippen molar-refractivity contribution in [2.45, 2.75) is 110 Å². The number of hydrogen-bond donors (Lipinski definition) is 2. The maximum atomic E-state index is 5.64. The summed E-state index contributed by atoms with van der Waals surface area (Å²) < 4.78 is 0. The van der Waals surface area contributed by atoms with E-state index >= 15 is 0 Å². The fraction of sp³-hybridized carbons (Fsp3) is 0.810. The molecule has 0 aromatic heterocycles. The lowest BCUT2D eigenvalue weighted by Crippen LogP contribution is -2.12. The average Bonchev–Trinajstić information content (AvgIpc) is 2.57. The molecule has 0 fully saturated rings. The highest BCUT2D eigenvalue weighted by Crippen LogP contribution is 2.13. The SMILES string of the molecule is C/C=C(\N)N/C=C/CCCCCCCCCCCCCCCC. The Labute approximate surface area is 146 Å². The van der Waals surface area contributed by atoms with E-state index in [9.17, 15) is 0 Å². The largest absolute Gasteiger partial charge is 0.386 e. The van der Waals surface area contributed by atoms with Crippen LogP contribution in [0.15, 0.2) is 24.2 Å². The first kappa shape index (κ1) is 22.1. The van der Waals surface area contributed by atoms with E-state index in [2.05, 4.69) is 18.3 Å². The van der Waals surface area contributed by atoms with Crippen molar-refractivity contribution in [1.29, 1.82) is 0 Å². The van der Waals surface area contributed by atoms with Gasteiger partial charge in [-0.05, 0) is 32.0 Å². The second-order valence-electron chi connectivity index (χ2n) is 6.68. The molecule has 0 aliphatic heterocycles. The first-order valence-corrected chi connectivity index (χ1v) is 10.1. The van der Waals surface area contributed by atoms with Crippen molar-refractivity contribution in [3.63, 3.8) is 0 Å². The fourth-order valence-electron chi connectivity index (χ4n) is 2.78. The lowest BCUT2D eigenvalue weighted by Gasteiger charge is -2.03. The second-order valence-corrected chi connectivity index (χ2v) is 6.68. The Balaban J connectivity index is 3.08. The number of nitrogens with two attached hydrogens (primary N) is 1. The van der Waals surface area contributed by atoms with Crippen LogP contribution in [0.2, 0.25) is 0 Å². The normalized spacial score (nSPS) is 12.2. The van der Waals surface area contributed by atoms with Gasteiger partial charge in [-0.2, -0.15) is 0 Å². The van der Waals surface area contributed by atoms with E-state index in [1.807, 2.05) is 19.2 Å². The van der Waals surface area contributed by atoms with Crippen LogP contribution < -0.4 is 11.1 Å². The van der Waals surface area contributed by atoms with Crippen LogP contribution in [0.1, 0.15) is 110 Å². The Morgan fingerprint density at radius 1 is 0.739 bits per heavy atom. The molecule has 0 saturated heterocycles. The Bertz CT molecular complexity index is 282. The highest BCUT2D eigenvalue weighted by Gasteiger charge is 1.93. The number of allylic oxidation sites excluding steroid dienone is 2. The third-order valence-electron chi connectivity index (χ3n) is 4.40. The molecule has 0 aliphatic rings. The van der Waals surface area contributed by atoms with E-state index < -0.39 is 0 Å². The van der Waals surface area contributed by atoms with Gasteiger partial charge in [0.1, 0.15) is 0 Å². The second kappa shape index (κ2) is 19.1. The molecular formula is C21H42N2. The molecule has 0 spiro atoms. The molecule has 0 radical (unpaired) electrons. The summed E-state index contributed by atoms with van der Waals surface area (Å²) in [4.78, 5) is 0. The summed E-state index contributed by atoms with van der Waals surface area (Å²) in [5, 5.41) is 3.04. The quantitative estimate of drug-likeness (QED) is 0.290. The average molecular weight is 323 g/mol. The van der Waals surface area contributed by atoms with Gasteiger partial charge in [-0.3, -0.25) is 0 Å². The van der Waals surface area contributed by atoms with Gasteiger partial charge in [-0.15, -0.1) is 0 Å². The van der Waals surface area contributed by atoms with E-state index in [0.29, 0.717) is 0 Å². The molecule has 0 atom stereocenters. The predicted octanol–water partition coefficient (Wildman–Crippen LogP) is 6.78. The number of unbranched alkanes of at least 4 members (excludes halogenated alkanes) is 14. The third-order valence-corrected chi connectivity index (χ3v) is 4.40. The molecule has 2 nitrogen and oxygen atoms in total. The summed E-state index contributed by atoms with van der Waals surface area (Å²) in [6.07, 6.45) is 27.0. The Morgan fingerprint density at radius 3 is 1.61 bits per heavy atom. The van der Waals surface area contributed by atoms with E-state index in [-0.39, 0.29) is 0 Å². The van der Waals surface area contributed by atoms with Crippen molar-refractivity contribution < 1.29 is 0 Å². The van der Waals surface area contributed by atoms with Gasteiger partial charge in [-0.25, -0.2) is 0 Å². The maximum Gasteiger partial charge on any atom is 0.0956 e. The first-order valence-electron chi connectivity index (χ1n) is 10.1. The first-order chi connectivity index (χ1) is 11.3. The van der Waals surface area contributed by atoms with Crippen LogP contribution in [-0.2, 0) is 0 Å². The van der Waals surface area contributed by atoms with E-state index in [0.717, 1.165) is 12.2 Å². The summed E-state index contributed by atoms with van der Waals surface area (Å²) in [6, 6.07) is 0. The van der Waals surface area contributed by atoms with Gasteiger partial charge in [-0.1, -0.05) is 96.5 Å². The van der Waals surface area contributed by atoms with Crippen molar-refractivity contribution in [2.24, 2.45) is 5.73 Å². The van der Waals surface area contributed by atoms with Gasteiger partial charge in [0.25, 0.3) is 0 Å². The van der Waals surface area contributed by atoms with Crippen LogP contribution in [0.3, 0.4) is 0 Å². The van der Waals surface area contributed by atoms with E-state index in [1.165, 1.54) is 89.9 Å². The van der Waals surface area contributed by atoms with Gasteiger partial charge < -0.3 is 11.1 Å². The molecule has 0 amide bonds. The van der Waals surface area contributed by atoms with Gasteiger partial charge >= 0.3 is 0 Å². The molecule has 0 saturated carbocycles. The van der Waals surface area contributed by atoms with Crippen molar-refractivity contribution in [2.75, 3.05) is 0 Å². The summed E-state index contributed by atoms with van der Waals surface area (Å²) in [7, 11) is 0. The molecule has 0 rings (SSSR count). The van der Waals surface area contributed by atoms with Crippen LogP contribution >= 0.6 is 0 Å². The molecule has 0 aromatic rings. The van der Waals surface area contributed by atoms with Crippen LogP contribution in [0.25, 0.3) is 0 Å². The molecule has 0 unspecified atom stereocenters. The molecule has 23 heavy (non-hydrogen) atoms. The molecule has 136 valence electrons. The smallest absolute Gasteiger partial charge is 0.0956 e. The zero-order valence-corrected chi connectivity index (χ0v) is 15.9. The summed E-state index contributed by atoms with van der Waals surface area (Å²) in [5.74, 6) is 0.724. The van der Waals surface area contributed by atoms with Gasteiger partial charge in [0.2, 0.25) is 0 Å². The van der Waals surface area contributed by atoms with Crippen LogP contribution in [-0.4, -0.2) is 0 Å². The Hall–Kier alpha value is -0.920. The Kier molecular flexibility index (Phi) is 18.4. The summed E-state index contributed by atoms with van der Waals surface area (Å²) in [6.45, 7) is 4.22. The molecule has 3 N–H and O–H groups in total. The molecule has 2 heteroatoms. The monoisotopic (exact) mass is 322 g/mol. The van der Waals surface area contributed by atoms with Gasteiger partial charge in [0, 0.05) is 0 Å². The zero-order chi connectivity index (χ0) is 17.0. The molecule has 0 aliphatic carbocycles. The van der Waals surface area contributed by atoms with Crippen LogP contribution in [0.5, 0.6) is 0 Å². The minimum absolute atomic E-state index is 0.724. The fourth-order valence-corrected chi connectivity index (χ4v) is 2.78. The van der Waals surface area contributed by atoms with Gasteiger partial charge in [0.15, 0.2) is 0 Å². The summed E-state index contributed by atoms with van der Waals surface area (Å²) in [5.41, 5.74) is 5.64. The van der Waals surface area contributed by atoms with Crippen molar-refractivity contribution >= 4 is 0 Å². The van der Waals surface area contributed by atoms with Crippen LogP contribution in [0.4, 0.5) is 0 Å². The highest BCUT2D eigenvalue weighted by atomic mass is 15.0. The van der Waals surface area contributed by atoms with E-state index in [1.54, 1.807) is 0 Å². The minimum atomic E-state index is 0.724. The molecule has 0 bridgehead atoms. The Morgan fingerprint density at radius 2 is 1.17 bits per heavy atom. The number of rotatable bonds is 17.